The van der Waals surface area contributed by atoms with Gasteiger partial charge in [-0.15, -0.1) is 0 Å². The van der Waals surface area contributed by atoms with E-state index in [9.17, 15) is 0 Å². The van der Waals surface area contributed by atoms with E-state index in [1.807, 2.05) is 40.7 Å². The summed E-state index contributed by atoms with van der Waals surface area (Å²) in [4.78, 5) is 15.1. The number of fused-ring (bicyclic) bond motifs is 1. The molecule has 0 aliphatic carbocycles. The Morgan fingerprint density at radius 2 is 1.83 bits per heavy atom. The molecule has 6 N–H and O–H groups in total. The third-order valence-electron chi connectivity index (χ3n) is 6.33. The summed E-state index contributed by atoms with van der Waals surface area (Å²) in [6.07, 6.45) is 10.3. The number of benzene rings is 1. The van der Waals surface area contributed by atoms with Gasteiger partial charge in [-0.3, -0.25) is 0 Å². The number of aryl methyl sites for hydroxylation is 1. The zero-order chi connectivity index (χ0) is 32.5. The topological polar surface area (TPSA) is 106 Å². The van der Waals surface area contributed by atoms with Gasteiger partial charge in [-0.25, -0.2) is 5.01 Å². The first kappa shape index (κ1) is 41.9. The van der Waals surface area contributed by atoms with Gasteiger partial charge in [0.2, 0.25) is 0 Å². The lowest BCUT2D eigenvalue weighted by atomic mass is 10.0. The maximum Gasteiger partial charge on any atom is 0.106 e. The standard InChI is InChI=1S/C27H42BN5S.2C2H6.CH4O.CH2O/c1-5-6-21(9-12-28)18-34-32-33-13-10-22(11-14-33)30-17-24(29)27-23-16-20(4)7-8-25(23)31-26(27)15-19(2)3;4*1-2/h7-9,16-17,19,22,30-32H,5-6,10-15,18,29H2,1-4H3;2*1-2H3;2H,1H3;1H2/b21-9+,24-17-;;;;. The summed E-state index contributed by atoms with van der Waals surface area (Å²) < 4.78 is 0. The average Bonchev–Trinajstić information content (AvgIpc) is 3.37. The van der Waals surface area contributed by atoms with Gasteiger partial charge in [-0.2, -0.15) is 4.83 Å². The average molecular weight is 602 g/mol. The minimum absolute atomic E-state index is 0.440. The number of nitrogens with one attached hydrogen (secondary N) is 3. The number of carbonyl (C=O) groups excluding carboxylic acids is 1. The number of aliphatic hydroxyl groups is 1. The number of hydrazine groups is 1. The van der Waals surface area contributed by atoms with E-state index in [0.717, 1.165) is 74.8 Å². The second kappa shape index (κ2) is 26.4. The number of H-pyrrole nitrogens is 1. The van der Waals surface area contributed by atoms with Crippen molar-refractivity contribution in [1.82, 2.24) is 20.1 Å². The van der Waals surface area contributed by atoms with E-state index in [-0.39, 0.29) is 0 Å². The summed E-state index contributed by atoms with van der Waals surface area (Å²) in [5.74, 6) is 1.55. The fourth-order valence-corrected chi connectivity index (χ4v) is 5.48. The van der Waals surface area contributed by atoms with Gasteiger partial charge in [0.05, 0.1) is 13.5 Å². The highest BCUT2D eigenvalue weighted by atomic mass is 32.2. The van der Waals surface area contributed by atoms with Crippen molar-refractivity contribution in [3.8, 4) is 0 Å². The second-order valence-corrected chi connectivity index (χ2v) is 10.6. The number of piperidine rings is 1. The molecule has 0 bridgehead atoms. The zero-order valence-electron chi connectivity index (χ0n) is 28.0. The van der Waals surface area contributed by atoms with Crippen molar-refractivity contribution in [3.63, 3.8) is 0 Å². The molecule has 2 heterocycles. The smallest absolute Gasteiger partial charge is 0.106 e. The summed E-state index contributed by atoms with van der Waals surface area (Å²) in [5.41, 5.74) is 13.7. The molecular weight excluding hydrogens is 541 g/mol. The molecule has 2 aromatic rings. The van der Waals surface area contributed by atoms with Gasteiger partial charge >= 0.3 is 0 Å². The molecule has 0 spiro atoms. The van der Waals surface area contributed by atoms with Crippen LogP contribution in [0.2, 0.25) is 6.32 Å². The number of nitrogens with two attached hydrogens (primary N) is 1. The Balaban J connectivity index is 0. The van der Waals surface area contributed by atoms with E-state index in [2.05, 4.69) is 72.1 Å². The van der Waals surface area contributed by atoms with Crippen LogP contribution < -0.4 is 15.9 Å². The van der Waals surface area contributed by atoms with Crippen LogP contribution in [0, 0.1) is 12.8 Å². The second-order valence-electron chi connectivity index (χ2n) is 9.88. The molecule has 2 radical (unpaired) electrons. The Kier molecular flexibility index (Phi) is 26.4. The maximum absolute atomic E-state index is 8.00. The number of hydrogen-bond donors (Lipinski definition) is 5. The molecule has 0 saturated carbocycles. The molecule has 7 nitrogen and oxygen atoms in total. The summed E-state index contributed by atoms with van der Waals surface area (Å²) >= 11 is 1.77. The first-order valence-corrected chi connectivity index (χ1v) is 16.5. The normalized spacial score (nSPS) is 14.0. The Labute approximate surface area is 263 Å². The van der Waals surface area contributed by atoms with E-state index in [4.69, 9.17) is 23.5 Å². The largest absolute Gasteiger partial charge is 0.400 e. The molecule has 3 rings (SSSR count). The Morgan fingerprint density at radius 3 is 2.38 bits per heavy atom. The molecule has 1 aliphatic heterocycles. The van der Waals surface area contributed by atoms with Crippen LogP contribution in [0.4, 0.5) is 0 Å². The minimum Gasteiger partial charge on any atom is -0.400 e. The molecule has 1 aromatic heterocycles. The summed E-state index contributed by atoms with van der Waals surface area (Å²) in [5, 5.41) is 14.2. The third-order valence-corrected chi connectivity index (χ3v) is 7.23. The van der Waals surface area contributed by atoms with Crippen molar-refractivity contribution in [2.24, 2.45) is 11.7 Å². The highest BCUT2D eigenvalue weighted by molar-refractivity contribution is 7.97. The van der Waals surface area contributed by atoms with Crippen LogP contribution in [0.1, 0.15) is 91.0 Å². The fourth-order valence-electron chi connectivity index (χ4n) is 4.61. The molecule has 1 saturated heterocycles. The molecule has 0 amide bonds. The lowest BCUT2D eigenvalue weighted by molar-refractivity contribution is -0.0980. The van der Waals surface area contributed by atoms with Crippen LogP contribution >= 0.6 is 11.9 Å². The lowest BCUT2D eigenvalue weighted by Crippen LogP contribution is -2.45. The van der Waals surface area contributed by atoms with Crippen molar-refractivity contribution in [3.05, 3.63) is 52.9 Å². The summed E-state index contributed by atoms with van der Waals surface area (Å²) in [6, 6.07) is 6.99. The Bertz CT molecular complexity index is 1000. The lowest BCUT2D eigenvalue weighted by Gasteiger charge is -2.32. The molecule has 9 heteroatoms. The quantitative estimate of drug-likeness (QED) is 0.102. The van der Waals surface area contributed by atoms with Crippen molar-refractivity contribution < 1.29 is 9.90 Å². The van der Waals surface area contributed by atoms with E-state index in [1.54, 1.807) is 11.9 Å². The van der Waals surface area contributed by atoms with E-state index >= 15 is 0 Å². The van der Waals surface area contributed by atoms with Gasteiger partial charge < -0.3 is 25.9 Å². The van der Waals surface area contributed by atoms with Crippen molar-refractivity contribution in [2.45, 2.75) is 99.9 Å². The van der Waals surface area contributed by atoms with Crippen LogP contribution in [-0.2, 0) is 11.2 Å². The Hall–Kier alpha value is -2.20. The highest BCUT2D eigenvalue weighted by Gasteiger charge is 2.19. The number of carbonyl (C=O) groups is 1. The van der Waals surface area contributed by atoms with Crippen LogP contribution in [0.15, 0.2) is 36.0 Å². The minimum atomic E-state index is 0.440. The first-order chi connectivity index (χ1) is 20.4. The SMILES string of the molecule is C=O.CC.CC.CO.[B]C/C=C(\CCC)CSNN1CCC(N/C=C(\N)c2c(CC(C)C)[nH]c3ccc(C)cc23)CC1. The van der Waals surface area contributed by atoms with Crippen LogP contribution in [0.3, 0.4) is 0 Å². The highest BCUT2D eigenvalue weighted by Crippen LogP contribution is 2.29. The van der Waals surface area contributed by atoms with E-state index in [0.29, 0.717) is 18.3 Å². The molecule has 1 aromatic carbocycles. The van der Waals surface area contributed by atoms with Gasteiger partial charge in [0.1, 0.15) is 6.79 Å². The third kappa shape index (κ3) is 15.3. The maximum atomic E-state index is 8.00. The molecular formula is C33H60BN5O2S. The number of allylic oxidation sites excluding steroid dienone is 1. The van der Waals surface area contributed by atoms with Gasteiger partial charge in [-0.05, 0) is 50.7 Å². The predicted molar refractivity (Wildman–Crippen MR) is 189 cm³/mol. The number of nitrogens with zero attached hydrogens (tertiary/aromatic N) is 1. The van der Waals surface area contributed by atoms with E-state index < -0.39 is 0 Å². The molecule has 1 aliphatic rings. The number of hydrogen-bond acceptors (Lipinski definition) is 7. The van der Waals surface area contributed by atoms with Gasteiger partial charge in [0.25, 0.3) is 0 Å². The summed E-state index contributed by atoms with van der Waals surface area (Å²) in [7, 11) is 6.69. The van der Waals surface area contributed by atoms with Gasteiger partial charge in [-0.1, -0.05) is 96.4 Å². The van der Waals surface area contributed by atoms with Crippen LogP contribution in [0.5, 0.6) is 0 Å². The number of aromatic amines is 1. The summed E-state index contributed by atoms with van der Waals surface area (Å²) in [6.45, 7) is 20.9. The monoisotopic (exact) mass is 601 g/mol. The van der Waals surface area contributed by atoms with Gasteiger partial charge in [0.15, 0.2) is 0 Å². The zero-order valence-corrected chi connectivity index (χ0v) is 28.8. The number of rotatable bonds is 12. The van der Waals surface area contributed by atoms with Crippen molar-refractivity contribution >= 4 is 43.2 Å². The van der Waals surface area contributed by atoms with Crippen molar-refractivity contribution in [1.29, 1.82) is 0 Å². The molecule has 42 heavy (non-hydrogen) atoms. The first-order valence-electron chi connectivity index (χ1n) is 15.5. The molecule has 0 unspecified atom stereocenters. The number of aliphatic hydroxyl groups excluding tert-OH is 1. The number of aromatic nitrogens is 1. The molecule has 1 fully saturated rings. The van der Waals surface area contributed by atoms with E-state index in [1.165, 1.54) is 22.2 Å². The van der Waals surface area contributed by atoms with Crippen molar-refractivity contribution in [2.75, 3.05) is 26.0 Å². The fraction of sp³-hybridized carbons (Fsp3) is 0.606. The van der Waals surface area contributed by atoms with Crippen LogP contribution in [0.25, 0.3) is 16.6 Å². The van der Waals surface area contributed by atoms with Crippen LogP contribution in [-0.4, -0.2) is 61.7 Å². The van der Waals surface area contributed by atoms with Gasteiger partial charge in [0, 0.05) is 60.4 Å². The molecule has 238 valence electrons. The predicted octanol–water partition coefficient (Wildman–Crippen LogP) is 6.93. The Morgan fingerprint density at radius 1 is 1.21 bits per heavy atom. The molecule has 0 atom stereocenters.